The van der Waals surface area contributed by atoms with Crippen molar-refractivity contribution in [3.63, 3.8) is 0 Å². The highest BCUT2D eigenvalue weighted by atomic mass is 32.2. The first-order chi connectivity index (χ1) is 27.0. The van der Waals surface area contributed by atoms with Crippen LogP contribution in [0.1, 0.15) is 0 Å². The van der Waals surface area contributed by atoms with Gasteiger partial charge in [-0.05, 0) is 64.6 Å². The Hall–Kier alpha value is -6.08. The van der Waals surface area contributed by atoms with E-state index in [4.69, 9.17) is 9.11 Å². The molecule has 0 aliphatic heterocycles. The van der Waals surface area contributed by atoms with Crippen LogP contribution < -0.4 is 21.5 Å². The zero-order chi connectivity index (χ0) is 43.5. The van der Waals surface area contributed by atoms with Gasteiger partial charge in [0.2, 0.25) is 0 Å². The van der Waals surface area contributed by atoms with Crippen LogP contribution >= 0.6 is 0 Å². The molecular weight excluding hydrogens is 817 g/mol. The summed E-state index contributed by atoms with van der Waals surface area (Å²) in [5, 5.41) is 30.8. The molecule has 8 N–H and O–H groups in total. The number of nitro benzene ring substituents is 2. The monoisotopic (exact) mass is 862 g/mol. The standard InChI is InChI=1S/2C17H18N4O3.2CH4O3S.H2O/c2*1-20(2)10-9-18-13-7-8-14(21(23)24)16-15(13)17(22)11-5-3-4-6-12(11)19-16;2*1-5(2,3)4;/h2*3-8,18H,9-10H2,1-2H3,(H,19,22);2*1H3,(H,2,3,4);1H2. The Morgan fingerprint density at radius 1 is 0.610 bits per heavy atom. The van der Waals surface area contributed by atoms with Gasteiger partial charge >= 0.3 is 0 Å². The number of nitro groups is 2. The van der Waals surface area contributed by atoms with Gasteiger partial charge in [-0.2, -0.15) is 16.8 Å². The molecule has 0 unspecified atom stereocenters. The average Bonchev–Trinajstić information content (AvgIpc) is 3.10. The van der Waals surface area contributed by atoms with Gasteiger partial charge in [-0.25, -0.2) is 0 Å². The van der Waals surface area contributed by atoms with Crippen LogP contribution in [0.3, 0.4) is 0 Å². The minimum absolute atomic E-state index is 0. The topological polar surface area (TPSA) is 323 Å². The summed E-state index contributed by atoms with van der Waals surface area (Å²) in [6.45, 7) is 2.83. The van der Waals surface area contributed by atoms with E-state index in [-0.39, 0.29) is 38.7 Å². The van der Waals surface area contributed by atoms with Crippen LogP contribution in [0.2, 0.25) is 0 Å². The van der Waals surface area contributed by atoms with E-state index in [2.05, 4.69) is 20.6 Å². The second-order valence-electron chi connectivity index (χ2n) is 13.2. The Kier molecular flexibility index (Phi) is 17.5. The normalized spacial score (nSPS) is 11.2. The summed E-state index contributed by atoms with van der Waals surface area (Å²) in [5.41, 5.74) is 2.24. The molecule has 0 aliphatic rings. The number of rotatable bonds is 10. The zero-order valence-corrected chi connectivity index (χ0v) is 34.5. The van der Waals surface area contributed by atoms with Crippen molar-refractivity contribution in [1.82, 2.24) is 19.8 Å². The van der Waals surface area contributed by atoms with E-state index < -0.39 is 30.1 Å². The highest BCUT2D eigenvalue weighted by Crippen LogP contribution is 2.31. The highest BCUT2D eigenvalue weighted by Gasteiger charge is 2.20. The van der Waals surface area contributed by atoms with E-state index in [1.165, 1.54) is 12.1 Å². The number of aromatic amines is 2. The first-order valence-electron chi connectivity index (χ1n) is 17.0. The molecular formula is C36H46N8O13S2. The molecule has 0 radical (unpaired) electrons. The molecule has 0 atom stereocenters. The predicted molar refractivity (Wildman–Crippen MR) is 230 cm³/mol. The fourth-order valence-electron chi connectivity index (χ4n) is 5.45. The van der Waals surface area contributed by atoms with Crippen LogP contribution in [-0.2, 0) is 20.2 Å². The second kappa shape index (κ2) is 21.1. The summed E-state index contributed by atoms with van der Waals surface area (Å²) >= 11 is 0. The van der Waals surface area contributed by atoms with Crippen molar-refractivity contribution >= 4 is 86.6 Å². The van der Waals surface area contributed by atoms with Crippen molar-refractivity contribution in [2.45, 2.75) is 0 Å². The van der Waals surface area contributed by atoms with Gasteiger partial charge in [0.1, 0.15) is 11.0 Å². The molecule has 21 nitrogen and oxygen atoms in total. The number of para-hydroxylation sites is 2. The first-order valence-corrected chi connectivity index (χ1v) is 20.7. The third-order valence-electron chi connectivity index (χ3n) is 7.83. The number of hydrogen-bond acceptors (Lipinski definition) is 14. The van der Waals surface area contributed by atoms with Crippen molar-refractivity contribution in [1.29, 1.82) is 0 Å². The van der Waals surface area contributed by atoms with E-state index in [0.29, 0.717) is 69.6 Å². The van der Waals surface area contributed by atoms with E-state index in [9.17, 15) is 46.7 Å². The number of hydrogen-bond donors (Lipinski definition) is 6. The number of pyridine rings is 2. The summed E-state index contributed by atoms with van der Waals surface area (Å²) in [7, 11) is 0.484. The van der Waals surface area contributed by atoms with Crippen LogP contribution in [0, 0.1) is 20.2 Å². The molecule has 59 heavy (non-hydrogen) atoms. The summed E-state index contributed by atoms with van der Waals surface area (Å²) < 4.78 is 51.7. The van der Waals surface area contributed by atoms with Gasteiger partial charge in [-0.15, -0.1) is 0 Å². The lowest BCUT2D eigenvalue weighted by atomic mass is 10.1. The molecule has 320 valence electrons. The molecule has 6 aromatic rings. The minimum Gasteiger partial charge on any atom is -0.412 e. The number of aromatic nitrogens is 2. The lowest BCUT2D eigenvalue weighted by molar-refractivity contribution is -0.383. The molecule has 2 aromatic heterocycles. The number of benzene rings is 4. The largest absolute Gasteiger partial charge is 0.412 e. The quantitative estimate of drug-likeness (QED) is 0.0498. The smallest absolute Gasteiger partial charge is 0.293 e. The van der Waals surface area contributed by atoms with Crippen LogP contribution in [0.15, 0.2) is 82.4 Å². The highest BCUT2D eigenvalue weighted by molar-refractivity contribution is 7.85. The lowest BCUT2D eigenvalue weighted by Gasteiger charge is -2.13. The van der Waals surface area contributed by atoms with Crippen molar-refractivity contribution in [2.75, 3.05) is 77.5 Å². The Labute approximate surface area is 337 Å². The third kappa shape index (κ3) is 14.7. The van der Waals surface area contributed by atoms with Crippen LogP contribution in [0.4, 0.5) is 22.7 Å². The van der Waals surface area contributed by atoms with Gasteiger partial charge in [0.15, 0.2) is 10.9 Å². The van der Waals surface area contributed by atoms with Gasteiger partial charge in [0.05, 0.1) is 33.1 Å². The maximum absolute atomic E-state index is 12.9. The number of non-ortho nitro benzene ring substituents is 2. The SMILES string of the molecule is CN(C)CCNc1ccc([N+](=O)[O-])c2[nH]c3ccccc3c(=O)c12.CN(C)CCNc1ccc([N+](=O)[O-])c2[nH]c3ccccc3c(=O)c12.CS(=O)(=O)O.CS(=O)(=O)O.O. The average molecular weight is 863 g/mol. The van der Waals surface area contributed by atoms with E-state index in [1.807, 2.05) is 38.0 Å². The summed E-state index contributed by atoms with van der Waals surface area (Å²) in [6, 6.07) is 20.1. The third-order valence-corrected chi connectivity index (χ3v) is 7.83. The number of likely N-dealkylation sites (N-methyl/N-ethyl adjacent to an activating group) is 2. The Morgan fingerprint density at radius 2 is 0.915 bits per heavy atom. The number of nitrogens with one attached hydrogen (secondary N) is 4. The van der Waals surface area contributed by atoms with Gasteiger partial charge in [-0.3, -0.25) is 38.9 Å². The van der Waals surface area contributed by atoms with E-state index in [0.717, 1.165) is 13.1 Å². The number of H-pyrrole nitrogens is 2. The minimum atomic E-state index is -3.67. The van der Waals surface area contributed by atoms with E-state index >= 15 is 0 Å². The second-order valence-corrected chi connectivity index (χ2v) is 16.1. The first kappa shape index (κ1) is 49.1. The maximum atomic E-state index is 12.9. The van der Waals surface area contributed by atoms with E-state index in [1.54, 1.807) is 60.7 Å². The van der Waals surface area contributed by atoms with Crippen LogP contribution in [0.5, 0.6) is 0 Å². The summed E-state index contributed by atoms with van der Waals surface area (Å²) in [6.07, 6.45) is 1.43. The van der Waals surface area contributed by atoms with Crippen LogP contribution in [-0.4, -0.2) is 128 Å². The Morgan fingerprint density at radius 3 is 1.20 bits per heavy atom. The maximum Gasteiger partial charge on any atom is 0.293 e. The van der Waals surface area contributed by atoms with Crippen molar-refractivity contribution < 1.29 is 41.3 Å². The molecule has 0 fully saturated rings. The summed E-state index contributed by atoms with van der Waals surface area (Å²) in [5.74, 6) is 0. The summed E-state index contributed by atoms with van der Waals surface area (Å²) in [4.78, 5) is 57.6. The van der Waals surface area contributed by atoms with Crippen molar-refractivity contribution in [2.24, 2.45) is 0 Å². The van der Waals surface area contributed by atoms with Crippen molar-refractivity contribution in [3.05, 3.63) is 113 Å². The number of fused-ring (bicyclic) bond motifs is 4. The number of anilines is 2. The molecule has 2 heterocycles. The molecule has 0 saturated carbocycles. The fraction of sp³-hybridized carbons (Fsp3) is 0.278. The molecule has 0 amide bonds. The molecule has 0 bridgehead atoms. The Bertz CT molecular complexity index is 2590. The molecule has 23 heteroatoms. The number of nitrogens with zero attached hydrogens (tertiary/aromatic N) is 4. The molecule has 0 saturated heterocycles. The van der Waals surface area contributed by atoms with Crippen molar-refractivity contribution in [3.8, 4) is 0 Å². The molecule has 6 rings (SSSR count). The fourth-order valence-corrected chi connectivity index (χ4v) is 5.45. The molecule has 0 spiro atoms. The molecule has 4 aromatic carbocycles. The van der Waals surface area contributed by atoms with Gasteiger partial charge in [-0.1, -0.05) is 24.3 Å². The Balaban J connectivity index is 0.000000327. The lowest BCUT2D eigenvalue weighted by Crippen LogP contribution is -2.21. The van der Waals surface area contributed by atoms with Gasteiger partial charge in [0.25, 0.3) is 31.6 Å². The van der Waals surface area contributed by atoms with Crippen LogP contribution in [0.25, 0.3) is 43.6 Å². The van der Waals surface area contributed by atoms with Gasteiger partial charge < -0.3 is 35.9 Å². The van der Waals surface area contributed by atoms with Gasteiger partial charge in [0, 0.05) is 71.5 Å². The predicted octanol–water partition coefficient (Wildman–Crippen LogP) is 3.31. The zero-order valence-electron chi connectivity index (χ0n) is 32.8. The molecule has 0 aliphatic carbocycles.